The molecule has 0 atom stereocenters. The Labute approximate surface area is 133 Å². The minimum atomic E-state index is 0. The largest absolute Gasteiger partial charge is 1.00 e. The van der Waals surface area contributed by atoms with E-state index in [4.69, 9.17) is 0 Å². The molecule has 0 aromatic carbocycles. The van der Waals surface area contributed by atoms with Crippen LogP contribution < -0.4 is 24.8 Å². The second-order valence-corrected chi connectivity index (χ2v) is 4.71. The van der Waals surface area contributed by atoms with E-state index in [2.05, 4.69) is 41.9 Å². The first-order chi connectivity index (χ1) is 7.20. The third kappa shape index (κ3) is 16.3. The zero-order chi connectivity index (χ0) is 11.5. The van der Waals surface area contributed by atoms with E-state index in [1.807, 2.05) is 19.1 Å². The molecule has 3 heteroatoms. The zero-order valence-corrected chi connectivity index (χ0v) is 14.5. The molecule has 2 aliphatic rings. The van der Waals surface area contributed by atoms with E-state index in [-0.39, 0.29) is 24.8 Å². The first-order valence-corrected chi connectivity index (χ1v) is 6.55. The van der Waals surface area contributed by atoms with Gasteiger partial charge < -0.3 is 24.8 Å². The van der Waals surface area contributed by atoms with Crippen LogP contribution in [-0.4, -0.2) is 3.71 Å². The summed E-state index contributed by atoms with van der Waals surface area (Å²) in [5.41, 5.74) is 2.65. The summed E-state index contributed by atoms with van der Waals surface area (Å²) in [5, 5.41) is 0. The Hall–Kier alpha value is 0.293. The summed E-state index contributed by atoms with van der Waals surface area (Å²) in [4.78, 5) is 0. The van der Waals surface area contributed by atoms with Crippen LogP contribution in [0.2, 0.25) is 0 Å². The van der Waals surface area contributed by atoms with Gasteiger partial charge in [-0.3, -0.25) is 12.2 Å². The van der Waals surface area contributed by atoms with Gasteiger partial charge >= 0.3 is 34.9 Å². The Kier molecular flexibility index (Phi) is 21.5. The second kappa shape index (κ2) is 16.3. The van der Waals surface area contributed by atoms with Crippen LogP contribution in [0, 0.1) is 12.2 Å². The molecule has 17 heavy (non-hydrogen) atoms. The molecule has 2 aliphatic carbocycles. The predicted molar refractivity (Wildman–Crippen MR) is 64.1 cm³/mol. The van der Waals surface area contributed by atoms with Gasteiger partial charge in [-0.15, -0.1) is 6.42 Å². The van der Waals surface area contributed by atoms with Crippen molar-refractivity contribution in [2.24, 2.45) is 0 Å². The van der Waals surface area contributed by atoms with Crippen LogP contribution in [0.15, 0.2) is 35.5 Å². The van der Waals surface area contributed by atoms with Crippen LogP contribution >= 0.6 is 0 Å². The van der Waals surface area contributed by atoms with Crippen LogP contribution in [-0.2, 0) is 24.2 Å². The normalized spacial score (nSPS) is 13.9. The first kappa shape index (κ1) is 22.5. The quantitative estimate of drug-likeness (QED) is 0.434. The fraction of sp³-hybridized carbons (Fsp3) is 0.357. The topological polar surface area (TPSA) is 0 Å². The molecular formula is C14H18Cl2Zr-2. The third-order valence-electron chi connectivity index (χ3n) is 1.71. The van der Waals surface area contributed by atoms with E-state index in [9.17, 15) is 0 Å². The summed E-state index contributed by atoms with van der Waals surface area (Å²) >= 11 is 1.51. The SMILES string of the molecule is CC1=[C-]C(C)=CC1.C[CH]=[Zr+2].[C-]1=CC=CC1.[Cl-].[Cl-]. The summed E-state index contributed by atoms with van der Waals surface area (Å²) in [6, 6.07) is 0. The molecule has 0 nitrogen and oxygen atoms in total. The fourth-order valence-corrected chi connectivity index (χ4v) is 1.09. The summed E-state index contributed by atoms with van der Waals surface area (Å²) in [6.07, 6.45) is 16.5. The minimum absolute atomic E-state index is 0. The molecule has 0 spiro atoms. The molecule has 0 unspecified atom stereocenters. The van der Waals surface area contributed by atoms with Crippen molar-refractivity contribution in [2.75, 3.05) is 0 Å². The Morgan fingerprint density at radius 1 is 1.29 bits per heavy atom. The smallest absolute Gasteiger partial charge is 0.109 e. The molecule has 0 N–H and O–H groups in total. The van der Waals surface area contributed by atoms with Crippen LogP contribution in [0.4, 0.5) is 0 Å². The van der Waals surface area contributed by atoms with Crippen LogP contribution in [0.25, 0.3) is 0 Å². The average molecular weight is 348 g/mol. The van der Waals surface area contributed by atoms with Crippen molar-refractivity contribution in [3.63, 3.8) is 0 Å². The maximum Gasteiger partial charge on any atom is -0.109 e. The molecule has 0 aliphatic heterocycles. The van der Waals surface area contributed by atoms with Crippen molar-refractivity contribution in [1.29, 1.82) is 0 Å². The third-order valence-corrected chi connectivity index (χ3v) is 1.71. The minimum Gasteiger partial charge on any atom is -1.00 e. The van der Waals surface area contributed by atoms with Gasteiger partial charge in [0.2, 0.25) is 0 Å². The molecule has 0 bridgehead atoms. The molecule has 2 rings (SSSR count). The van der Waals surface area contributed by atoms with Crippen molar-refractivity contribution in [2.45, 2.75) is 33.6 Å². The van der Waals surface area contributed by atoms with Gasteiger partial charge in [0.1, 0.15) is 0 Å². The van der Waals surface area contributed by atoms with Crippen molar-refractivity contribution in [3.8, 4) is 0 Å². The molecule has 0 heterocycles. The fourth-order valence-electron chi connectivity index (χ4n) is 1.09. The van der Waals surface area contributed by atoms with E-state index in [1.165, 1.54) is 35.4 Å². The molecule has 0 aromatic rings. The molecule has 0 radical (unpaired) electrons. The van der Waals surface area contributed by atoms with Gasteiger partial charge in [0.05, 0.1) is 0 Å². The monoisotopic (exact) mass is 346 g/mol. The Balaban J connectivity index is -0.000000176. The molecular weight excluding hydrogens is 330 g/mol. The molecule has 0 amide bonds. The average Bonchev–Trinajstić information content (AvgIpc) is 2.81. The summed E-state index contributed by atoms with van der Waals surface area (Å²) in [6.45, 7) is 6.22. The second-order valence-electron chi connectivity index (χ2n) is 3.29. The van der Waals surface area contributed by atoms with Gasteiger partial charge in [0.25, 0.3) is 0 Å². The van der Waals surface area contributed by atoms with Crippen LogP contribution in [0.1, 0.15) is 33.6 Å². The van der Waals surface area contributed by atoms with Crippen molar-refractivity contribution in [3.05, 3.63) is 47.6 Å². The van der Waals surface area contributed by atoms with Gasteiger partial charge in [-0.25, -0.2) is 23.8 Å². The Bertz CT molecular complexity index is 289. The molecule has 94 valence electrons. The standard InChI is InChI=1S/C7H9.C5H5.C2H4.2ClH.Zr/c1-6-3-4-7(2)5-6;1-2-4-5-3-1;1-2;;;/h3H,4H2,1-2H3;1-3H,4H2;1H,2H3;2*1H;/q2*-1;;;;+2/p-2. The number of allylic oxidation sites excluding steroid dienone is 8. The van der Waals surface area contributed by atoms with Crippen molar-refractivity contribution >= 4 is 3.71 Å². The predicted octanol–water partition coefficient (Wildman–Crippen LogP) is -2.25. The van der Waals surface area contributed by atoms with Gasteiger partial charge in [0, 0.05) is 0 Å². The van der Waals surface area contributed by atoms with Crippen molar-refractivity contribution in [1.82, 2.24) is 0 Å². The van der Waals surface area contributed by atoms with E-state index in [1.54, 1.807) is 0 Å². The van der Waals surface area contributed by atoms with Crippen LogP contribution in [0.5, 0.6) is 0 Å². The zero-order valence-electron chi connectivity index (χ0n) is 10.6. The molecule has 0 saturated carbocycles. The van der Waals surface area contributed by atoms with Gasteiger partial charge in [-0.05, 0) is 0 Å². The Morgan fingerprint density at radius 3 is 2.00 bits per heavy atom. The number of rotatable bonds is 0. The summed E-state index contributed by atoms with van der Waals surface area (Å²) < 4.78 is 2.09. The summed E-state index contributed by atoms with van der Waals surface area (Å²) in [5.74, 6) is 0. The van der Waals surface area contributed by atoms with Crippen LogP contribution in [0.3, 0.4) is 0 Å². The summed E-state index contributed by atoms with van der Waals surface area (Å²) in [7, 11) is 0. The van der Waals surface area contributed by atoms with E-state index < -0.39 is 0 Å². The van der Waals surface area contributed by atoms with E-state index in [0.29, 0.717) is 0 Å². The van der Waals surface area contributed by atoms with E-state index in [0.717, 1.165) is 12.8 Å². The van der Waals surface area contributed by atoms with Crippen molar-refractivity contribution < 1.29 is 49.0 Å². The number of halogens is 2. The maximum atomic E-state index is 3.19. The maximum absolute atomic E-state index is 3.19. The molecule has 0 aromatic heterocycles. The molecule has 0 fully saturated rings. The van der Waals surface area contributed by atoms with Gasteiger partial charge in [-0.2, -0.15) is 11.6 Å². The molecule has 0 saturated heterocycles. The van der Waals surface area contributed by atoms with E-state index >= 15 is 0 Å². The number of hydrogen-bond donors (Lipinski definition) is 0. The van der Waals surface area contributed by atoms with Gasteiger partial charge in [0.15, 0.2) is 0 Å². The van der Waals surface area contributed by atoms with Gasteiger partial charge in [-0.1, -0.05) is 20.3 Å². The Morgan fingerprint density at radius 2 is 1.88 bits per heavy atom. The first-order valence-electron chi connectivity index (χ1n) is 5.13. The number of hydrogen-bond acceptors (Lipinski definition) is 0.